The number of aryl methyl sites for hydroxylation is 1. The average Bonchev–Trinajstić information content (AvgIpc) is 3.47. The molecule has 1 aromatic heterocycles. The Morgan fingerprint density at radius 1 is 1.20 bits per heavy atom. The SMILES string of the molecule is Cc1ccc(C23CC4CC(CC(C(=O)NCc5n[nH]c(=S)n5C5CC5)(C4)C2)C3)cc1. The Hall–Kier alpha value is -1.95. The number of rotatable bonds is 5. The van der Waals surface area contributed by atoms with Gasteiger partial charge in [-0.3, -0.25) is 14.5 Å². The van der Waals surface area contributed by atoms with Crippen molar-refractivity contribution in [2.75, 3.05) is 0 Å². The van der Waals surface area contributed by atoms with Crippen molar-refractivity contribution < 1.29 is 4.79 Å². The van der Waals surface area contributed by atoms with Gasteiger partial charge >= 0.3 is 0 Å². The van der Waals surface area contributed by atoms with E-state index in [9.17, 15) is 4.79 Å². The molecule has 2 unspecified atom stereocenters. The van der Waals surface area contributed by atoms with Crippen LogP contribution in [0.4, 0.5) is 0 Å². The van der Waals surface area contributed by atoms with Gasteiger partial charge in [-0.05, 0) is 93.3 Å². The van der Waals surface area contributed by atoms with Gasteiger partial charge in [-0.15, -0.1) is 0 Å². The van der Waals surface area contributed by atoms with Crippen LogP contribution in [0.25, 0.3) is 0 Å². The van der Waals surface area contributed by atoms with Crippen molar-refractivity contribution in [3.05, 3.63) is 46.0 Å². The van der Waals surface area contributed by atoms with Gasteiger partial charge in [-0.2, -0.15) is 5.10 Å². The largest absolute Gasteiger partial charge is 0.348 e. The van der Waals surface area contributed by atoms with Crippen LogP contribution in [0.2, 0.25) is 0 Å². The maximum atomic E-state index is 13.6. The predicted octanol–water partition coefficient (Wildman–Crippen LogP) is 4.74. The number of nitrogens with zero attached hydrogens (tertiary/aromatic N) is 2. The first-order valence-corrected chi connectivity index (χ1v) is 11.9. The van der Waals surface area contributed by atoms with Gasteiger partial charge in [-0.25, -0.2) is 0 Å². The van der Waals surface area contributed by atoms with Gasteiger partial charge in [0.15, 0.2) is 10.6 Å². The van der Waals surface area contributed by atoms with Crippen molar-refractivity contribution in [3.8, 4) is 0 Å². The highest BCUT2D eigenvalue weighted by Crippen LogP contribution is 2.65. The zero-order valence-electron chi connectivity index (χ0n) is 17.6. The molecule has 5 fully saturated rings. The number of aromatic amines is 1. The van der Waals surface area contributed by atoms with Crippen molar-refractivity contribution >= 4 is 18.1 Å². The molecule has 158 valence electrons. The maximum Gasteiger partial charge on any atom is 0.226 e. The molecule has 1 heterocycles. The number of carbonyl (C=O) groups excluding carboxylic acids is 1. The summed E-state index contributed by atoms with van der Waals surface area (Å²) in [6, 6.07) is 9.58. The smallest absolute Gasteiger partial charge is 0.226 e. The predicted molar refractivity (Wildman–Crippen MR) is 118 cm³/mol. The number of amides is 1. The second kappa shape index (κ2) is 6.52. The lowest BCUT2D eigenvalue weighted by atomic mass is 9.42. The number of benzene rings is 1. The van der Waals surface area contributed by atoms with Crippen LogP contribution in [-0.4, -0.2) is 20.7 Å². The number of H-pyrrole nitrogens is 1. The normalized spacial score (nSPS) is 34.3. The summed E-state index contributed by atoms with van der Waals surface area (Å²) in [5.74, 6) is 2.47. The molecule has 0 aliphatic heterocycles. The summed E-state index contributed by atoms with van der Waals surface area (Å²) in [6.07, 6.45) is 9.23. The molecular formula is C24H30N4OS. The molecule has 2 atom stereocenters. The second-order valence-corrected chi connectivity index (χ2v) is 11.0. The molecule has 30 heavy (non-hydrogen) atoms. The number of hydrogen-bond donors (Lipinski definition) is 2. The summed E-state index contributed by atoms with van der Waals surface area (Å²) >= 11 is 5.39. The van der Waals surface area contributed by atoms with E-state index in [1.807, 2.05) is 0 Å². The summed E-state index contributed by atoms with van der Waals surface area (Å²) in [4.78, 5) is 13.6. The van der Waals surface area contributed by atoms with Gasteiger partial charge in [0.25, 0.3) is 0 Å². The molecule has 5 nitrogen and oxygen atoms in total. The van der Waals surface area contributed by atoms with Crippen LogP contribution in [0, 0.1) is 28.9 Å². The number of nitrogens with one attached hydrogen (secondary N) is 2. The van der Waals surface area contributed by atoms with E-state index in [1.54, 1.807) is 0 Å². The Balaban J connectivity index is 1.26. The van der Waals surface area contributed by atoms with Gasteiger partial charge in [0.1, 0.15) is 0 Å². The van der Waals surface area contributed by atoms with Gasteiger partial charge in [0, 0.05) is 6.04 Å². The summed E-state index contributed by atoms with van der Waals surface area (Å²) in [7, 11) is 0. The molecule has 0 saturated heterocycles. The molecule has 2 N–H and O–H groups in total. The molecule has 0 spiro atoms. The third-order valence-electron chi connectivity index (χ3n) is 8.30. The molecule has 2 aromatic rings. The van der Waals surface area contributed by atoms with Crippen LogP contribution in [0.15, 0.2) is 24.3 Å². The summed E-state index contributed by atoms with van der Waals surface area (Å²) in [6.45, 7) is 2.62. The van der Waals surface area contributed by atoms with Crippen molar-refractivity contribution in [1.29, 1.82) is 0 Å². The van der Waals surface area contributed by atoms with E-state index < -0.39 is 0 Å². The molecule has 5 aliphatic rings. The van der Waals surface area contributed by atoms with E-state index >= 15 is 0 Å². The minimum atomic E-state index is -0.216. The van der Waals surface area contributed by atoms with E-state index in [-0.39, 0.29) is 16.7 Å². The van der Waals surface area contributed by atoms with Crippen molar-refractivity contribution in [3.63, 3.8) is 0 Å². The second-order valence-electron chi connectivity index (χ2n) is 10.6. The molecule has 1 aromatic carbocycles. The zero-order valence-corrected chi connectivity index (χ0v) is 18.4. The first-order valence-electron chi connectivity index (χ1n) is 11.5. The van der Waals surface area contributed by atoms with Crippen molar-refractivity contribution in [2.45, 2.75) is 76.3 Å². The highest BCUT2D eigenvalue weighted by Gasteiger charge is 2.60. The fraction of sp³-hybridized carbons (Fsp3) is 0.625. The standard InChI is InChI=1S/C24H30N4OS/c1-15-2-4-18(5-3-15)23-9-16-8-17(10-23)12-24(11-16,14-23)21(29)25-13-20-26-27-22(30)28(20)19-6-7-19/h2-5,16-17,19H,6-14H2,1H3,(H,25,29)(H,27,30). The lowest BCUT2D eigenvalue weighted by Gasteiger charge is -2.61. The Morgan fingerprint density at radius 3 is 2.57 bits per heavy atom. The first-order chi connectivity index (χ1) is 14.5. The quantitative estimate of drug-likeness (QED) is 0.684. The van der Waals surface area contributed by atoms with Crippen molar-refractivity contribution in [2.24, 2.45) is 17.3 Å². The zero-order chi connectivity index (χ0) is 20.5. The van der Waals surface area contributed by atoms with Gasteiger partial charge in [0.2, 0.25) is 5.91 Å². The molecule has 7 rings (SSSR count). The average molecular weight is 423 g/mol. The van der Waals surface area contributed by atoms with Crippen LogP contribution >= 0.6 is 12.2 Å². The molecule has 5 aliphatic carbocycles. The minimum absolute atomic E-state index is 0.184. The van der Waals surface area contributed by atoms with Crippen LogP contribution in [-0.2, 0) is 16.8 Å². The molecule has 4 bridgehead atoms. The first kappa shape index (κ1) is 18.8. The lowest BCUT2D eigenvalue weighted by Crippen LogP contribution is -2.59. The Labute approximate surface area is 182 Å². The highest BCUT2D eigenvalue weighted by molar-refractivity contribution is 7.71. The fourth-order valence-corrected chi connectivity index (χ4v) is 7.59. The highest BCUT2D eigenvalue weighted by atomic mass is 32.1. The van der Waals surface area contributed by atoms with Gasteiger partial charge < -0.3 is 5.32 Å². The van der Waals surface area contributed by atoms with Gasteiger partial charge in [0.05, 0.1) is 12.0 Å². The Kier molecular flexibility index (Phi) is 4.09. The van der Waals surface area contributed by atoms with Crippen LogP contribution in [0.5, 0.6) is 0 Å². The van der Waals surface area contributed by atoms with Crippen LogP contribution in [0.3, 0.4) is 0 Å². The lowest BCUT2D eigenvalue weighted by molar-refractivity contribution is -0.149. The molecular weight excluding hydrogens is 392 g/mol. The Morgan fingerprint density at radius 2 is 1.90 bits per heavy atom. The maximum absolute atomic E-state index is 13.6. The van der Waals surface area contributed by atoms with E-state index in [1.165, 1.54) is 30.4 Å². The fourth-order valence-electron chi connectivity index (χ4n) is 7.29. The molecule has 5 saturated carbocycles. The summed E-state index contributed by atoms with van der Waals surface area (Å²) < 4.78 is 2.78. The van der Waals surface area contributed by atoms with Crippen LogP contribution in [0.1, 0.15) is 74.4 Å². The van der Waals surface area contributed by atoms with E-state index in [2.05, 4.69) is 51.3 Å². The third kappa shape index (κ3) is 2.90. The topological polar surface area (TPSA) is 62.7 Å². The van der Waals surface area contributed by atoms with E-state index in [4.69, 9.17) is 12.2 Å². The molecule has 6 heteroatoms. The number of hydrogen-bond acceptors (Lipinski definition) is 3. The minimum Gasteiger partial charge on any atom is -0.348 e. The van der Waals surface area contributed by atoms with Crippen molar-refractivity contribution in [1.82, 2.24) is 20.1 Å². The molecule has 1 amide bonds. The van der Waals surface area contributed by atoms with Gasteiger partial charge in [-0.1, -0.05) is 29.8 Å². The third-order valence-corrected chi connectivity index (χ3v) is 8.59. The molecule has 0 radical (unpaired) electrons. The summed E-state index contributed by atoms with van der Waals surface area (Å²) in [5, 5.41) is 10.6. The Bertz CT molecular complexity index is 1030. The number of carbonyl (C=O) groups is 1. The van der Waals surface area contributed by atoms with E-state index in [0.717, 1.165) is 37.9 Å². The van der Waals surface area contributed by atoms with E-state index in [0.29, 0.717) is 29.2 Å². The number of aromatic nitrogens is 3. The monoisotopic (exact) mass is 422 g/mol. The van der Waals surface area contributed by atoms with Crippen LogP contribution < -0.4 is 5.32 Å². The summed E-state index contributed by atoms with van der Waals surface area (Å²) in [5.41, 5.74) is 2.73.